The van der Waals surface area contributed by atoms with Gasteiger partial charge in [-0.2, -0.15) is 0 Å². The first-order valence-corrected chi connectivity index (χ1v) is 14.1. The summed E-state index contributed by atoms with van der Waals surface area (Å²) in [6, 6.07) is 27.8. The van der Waals surface area contributed by atoms with Crippen molar-refractivity contribution < 1.29 is 19.7 Å². The quantitative estimate of drug-likeness (QED) is 0.236. The van der Waals surface area contributed by atoms with Crippen LogP contribution in [0.5, 0.6) is 11.5 Å². The van der Waals surface area contributed by atoms with Crippen LogP contribution in [0.15, 0.2) is 84.9 Å². The molecule has 0 unspecified atom stereocenters. The molecule has 4 aromatic rings. The average Bonchev–Trinajstić information content (AvgIpc) is 3.02. The van der Waals surface area contributed by atoms with Gasteiger partial charge in [-0.1, -0.05) is 23.7 Å². The van der Waals surface area contributed by atoms with Gasteiger partial charge < -0.3 is 29.9 Å². The van der Waals surface area contributed by atoms with E-state index in [9.17, 15) is 0 Å². The van der Waals surface area contributed by atoms with Gasteiger partial charge >= 0.3 is 0 Å². The molecule has 0 heterocycles. The summed E-state index contributed by atoms with van der Waals surface area (Å²) in [7, 11) is 5.93. The second-order valence-corrected chi connectivity index (χ2v) is 9.87. The lowest BCUT2D eigenvalue weighted by Crippen LogP contribution is -2.07. The highest BCUT2D eigenvalue weighted by Crippen LogP contribution is 2.20. The molecule has 43 heavy (non-hydrogen) atoms. The largest absolute Gasteiger partial charge is 0.491 e. The first-order valence-electron chi connectivity index (χ1n) is 14.1. The van der Waals surface area contributed by atoms with E-state index in [0.29, 0.717) is 13.2 Å². The van der Waals surface area contributed by atoms with Crippen LogP contribution in [0.1, 0.15) is 33.4 Å². The Morgan fingerprint density at radius 2 is 1.00 bits per heavy atom. The highest BCUT2D eigenvalue weighted by Gasteiger charge is 2.01. The number of aryl methyl sites for hydroxylation is 2. The summed E-state index contributed by atoms with van der Waals surface area (Å²) in [6.45, 7) is 4.60. The molecule has 0 radical (unpaired) electrons. The molecule has 0 spiro atoms. The second-order valence-electron chi connectivity index (χ2n) is 9.87. The summed E-state index contributed by atoms with van der Waals surface area (Å²) in [5, 5.41) is 20.6. The topological polar surface area (TPSA) is 74.2 Å². The van der Waals surface area contributed by atoms with Crippen molar-refractivity contribution in [1.29, 1.82) is 0 Å². The summed E-state index contributed by atoms with van der Waals surface area (Å²) in [6.07, 6.45) is 0. The van der Waals surface area contributed by atoms with E-state index in [2.05, 4.69) is 46.0 Å². The van der Waals surface area contributed by atoms with E-state index in [1.807, 2.05) is 108 Å². The predicted octanol–water partition coefficient (Wildman–Crippen LogP) is 5.64. The molecule has 0 aliphatic heterocycles. The van der Waals surface area contributed by atoms with Crippen molar-refractivity contribution in [2.45, 2.75) is 13.8 Å². The van der Waals surface area contributed by atoms with Gasteiger partial charge in [0.2, 0.25) is 0 Å². The Labute approximate surface area is 255 Å². The van der Waals surface area contributed by atoms with Crippen molar-refractivity contribution in [3.63, 3.8) is 0 Å². The minimum absolute atomic E-state index is 0.0175. The zero-order valence-electron chi connectivity index (χ0n) is 25.6. The van der Waals surface area contributed by atoms with Crippen molar-refractivity contribution >= 4 is 11.4 Å². The molecule has 0 saturated carbocycles. The molecule has 6 heteroatoms. The molecule has 0 atom stereocenters. The summed E-state index contributed by atoms with van der Waals surface area (Å²) in [4.78, 5) is 2.06. The molecule has 0 aromatic heterocycles. The number of nitrogens with one attached hydrogen (secondary N) is 1. The minimum Gasteiger partial charge on any atom is -0.491 e. The lowest BCUT2D eigenvalue weighted by molar-refractivity contribution is 0.200. The molecule has 0 aliphatic carbocycles. The number of hydrogen-bond acceptors (Lipinski definition) is 6. The summed E-state index contributed by atoms with van der Waals surface area (Å²) in [5.41, 5.74) is 8.13. The zero-order chi connectivity index (χ0) is 31.0. The molecule has 0 bridgehead atoms. The van der Waals surface area contributed by atoms with E-state index in [1.54, 1.807) is 0 Å². The van der Waals surface area contributed by atoms with Crippen LogP contribution in [0.2, 0.25) is 0 Å². The van der Waals surface area contributed by atoms with Crippen LogP contribution in [-0.4, -0.2) is 57.8 Å². The number of ether oxygens (including phenoxy) is 2. The van der Waals surface area contributed by atoms with Crippen LogP contribution in [0.4, 0.5) is 11.4 Å². The van der Waals surface area contributed by atoms with Crippen LogP contribution >= 0.6 is 0 Å². The molecule has 3 N–H and O–H groups in total. The first kappa shape index (κ1) is 32.6. The van der Waals surface area contributed by atoms with Crippen LogP contribution in [0, 0.1) is 37.5 Å². The van der Waals surface area contributed by atoms with Gasteiger partial charge in [0.1, 0.15) is 24.7 Å². The van der Waals surface area contributed by atoms with Crippen molar-refractivity contribution in [3.05, 3.63) is 118 Å². The molecule has 4 rings (SSSR count). The third-order valence-electron chi connectivity index (χ3n) is 6.31. The molecule has 0 saturated heterocycles. The number of aliphatic hydroxyl groups is 2. The molecular weight excluding hydrogens is 536 g/mol. The zero-order valence-corrected chi connectivity index (χ0v) is 25.6. The van der Waals surface area contributed by atoms with Gasteiger partial charge in [0.25, 0.3) is 0 Å². The SMILES string of the molecule is CNc1ccc(C#Cc2ccc(OCCO)c(C)c2)cc1.Cc1cc(C#Cc2ccc(N(C)C)cc2)ccc1OCCO. The number of aliphatic hydroxyl groups excluding tert-OH is 2. The maximum atomic E-state index is 8.79. The van der Waals surface area contributed by atoms with Crippen LogP contribution in [-0.2, 0) is 0 Å². The summed E-state index contributed by atoms with van der Waals surface area (Å²) < 4.78 is 10.9. The van der Waals surface area contributed by atoms with E-state index in [-0.39, 0.29) is 13.2 Å². The number of benzene rings is 4. The van der Waals surface area contributed by atoms with Gasteiger partial charge in [-0.25, -0.2) is 0 Å². The third-order valence-corrected chi connectivity index (χ3v) is 6.31. The average molecular weight is 577 g/mol. The van der Waals surface area contributed by atoms with E-state index < -0.39 is 0 Å². The molecule has 0 amide bonds. The molecule has 6 nitrogen and oxygen atoms in total. The highest BCUT2D eigenvalue weighted by molar-refractivity contribution is 5.53. The molecule has 0 fully saturated rings. The smallest absolute Gasteiger partial charge is 0.122 e. The second kappa shape index (κ2) is 17.2. The Balaban J connectivity index is 0.000000236. The first-order chi connectivity index (χ1) is 20.8. The third kappa shape index (κ3) is 10.8. The standard InChI is InChI=1S/C19H21NO2.C18H19NO2/c1-15-14-17(8-11-19(15)22-13-12-21)5-4-16-6-9-18(10-7-16)20(2)3;1-14-13-16(7-10-18(14)21-12-11-20)4-3-15-5-8-17(19-2)9-6-15/h6-11,14,21H,12-13H2,1-3H3;5-10,13,19-20H,11-12H2,1-2H3. The Bertz CT molecular complexity index is 1570. The maximum absolute atomic E-state index is 8.79. The Kier molecular flexibility index (Phi) is 13.0. The molecular formula is C37H40N2O4. The monoisotopic (exact) mass is 576 g/mol. The van der Waals surface area contributed by atoms with Crippen LogP contribution in [0.3, 0.4) is 0 Å². The van der Waals surface area contributed by atoms with E-state index in [1.165, 1.54) is 0 Å². The normalized spacial score (nSPS) is 9.74. The fourth-order valence-corrected chi connectivity index (χ4v) is 3.94. The van der Waals surface area contributed by atoms with E-state index in [0.717, 1.165) is 56.3 Å². The Morgan fingerprint density at radius 1 is 0.605 bits per heavy atom. The lowest BCUT2D eigenvalue weighted by atomic mass is 10.1. The summed E-state index contributed by atoms with van der Waals surface area (Å²) in [5.74, 6) is 14.2. The number of nitrogens with zero attached hydrogens (tertiary/aromatic N) is 1. The molecule has 0 aliphatic rings. The van der Waals surface area contributed by atoms with Crippen molar-refractivity contribution in [2.24, 2.45) is 0 Å². The number of anilines is 2. The number of hydrogen-bond donors (Lipinski definition) is 3. The van der Waals surface area contributed by atoms with Crippen molar-refractivity contribution in [3.8, 4) is 35.2 Å². The highest BCUT2D eigenvalue weighted by atomic mass is 16.5. The predicted molar refractivity (Wildman–Crippen MR) is 176 cm³/mol. The van der Waals surface area contributed by atoms with E-state index in [4.69, 9.17) is 19.7 Å². The van der Waals surface area contributed by atoms with E-state index >= 15 is 0 Å². The minimum atomic E-state index is 0.0175. The van der Waals surface area contributed by atoms with Crippen molar-refractivity contribution in [1.82, 2.24) is 0 Å². The lowest BCUT2D eigenvalue weighted by Gasteiger charge is -2.11. The van der Waals surface area contributed by atoms with Crippen LogP contribution in [0.25, 0.3) is 0 Å². The Hall–Kier alpha value is -4.88. The Morgan fingerprint density at radius 3 is 1.37 bits per heavy atom. The fraction of sp³-hybridized carbons (Fsp3) is 0.243. The van der Waals surface area contributed by atoms with Gasteiger partial charge in [-0.05, 0) is 110 Å². The van der Waals surface area contributed by atoms with Gasteiger partial charge in [-0.3, -0.25) is 0 Å². The van der Waals surface area contributed by atoms with Gasteiger partial charge in [0, 0.05) is 54.8 Å². The molecule has 4 aromatic carbocycles. The fourth-order valence-electron chi connectivity index (χ4n) is 3.94. The van der Waals surface area contributed by atoms with Crippen molar-refractivity contribution in [2.75, 3.05) is 57.8 Å². The van der Waals surface area contributed by atoms with Gasteiger partial charge in [0.05, 0.1) is 13.2 Å². The summed E-state index contributed by atoms with van der Waals surface area (Å²) >= 11 is 0. The van der Waals surface area contributed by atoms with Crippen LogP contribution < -0.4 is 19.7 Å². The molecule has 222 valence electrons. The maximum Gasteiger partial charge on any atom is 0.122 e. The van der Waals surface area contributed by atoms with Gasteiger partial charge in [0.15, 0.2) is 0 Å². The van der Waals surface area contributed by atoms with Gasteiger partial charge in [-0.15, -0.1) is 0 Å². The number of rotatable bonds is 8.